The van der Waals surface area contributed by atoms with Crippen molar-refractivity contribution in [3.05, 3.63) is 47.5 Å². The number of ether oxygens (including phenoxy) is 2. The largest absolute Gasteiger partial charge is 0.490 e. The molecule has 0 fully saturated rings. The standard InChI is InChI=1S/C20H24N2O5S/c1-14-5-7-17(15(2)11-14)21-20(23)13-22(3)28(24,25)16-6-8-18-19(12-16)27-10-4-9-26-18/h5-8,11-12H,4,9-10,13H2,1-3H3,(H,21,23). The van der Waals surface area contributed by atoms with E-state index in [9.17, 15) is 13.2 Å². The summed E-state index contributed by atoms with van der Waals surface area (Å²) < 4.78 is 37.8. The number of nitrogens with zero attached hydrogens (tertiary/aromatic N) is 1. The maximum Gasteiger partial charge on any atom is 0.243 e. The molecule has 2 aromatic rings. The first-order chi connectivity index (χ1) is 13.3. The predicted molar refractivity (Wildman–Crippen MR) is 106 cm³/mol. The average molecular weight is 404 g/mol. The topological polar surface area (TPSA) is 84.9 Å². The molecular weight excluding hydrogens is 380 g/mol. The van der Waals surface area contributed by atoms with E-state index in [4.69, 9.17) is 9.47 Å². The van der Waals surface area contributed by atoms with E-state index in [0.29, 0.717) is 30.4 Å². The summed E-state index contributed by atoms with van der Waals surface area (Å²) >= 11 is 0. The van der Waals surface area contributed by atoms with Crippen molar-refractivity contribution < 1.29 is 22.7 Å². The number of hydrogen-bond acceptors (Lipinski definition) is 5. The summed E-state index contributed by atoms with van der Waals surface area (Å²) in [5, 5.41) is 2.76. The molecule has 0 atom stereocenters. The first-order valence-corrected chi connectivity index (χ1v) is 10.4. The second-order valence-corrected chi connectivity index (χ2v) is 8.83. The molecule has 28 heavy (non-hydrogen) atoms. The molecule has 0 saturated carbocycles. The highest BCUT2D eigenvalue weighted by molar-refractivity contribution is 7.89. The number of hydrogen-bond donors (Lipinski definition) is 1. The minimum Gasteiger partial charge on any atom is -0.490 e. The predicted octanol–water partition coefficient (Wildman–Crippen LogP) is 2.72. The highest BCUT2D eigenvalue weighted by Crippen LogP contribution is 2.32. The molecule has 0 aromatic heterocycles. The summed E-state index contributed by atoms with van der Waals surface area (Å²) in [5.74, 6) is 0.505. The lowest BCUT2D eigenvalue weighted by atomic mass is 10.1. The van der Waals surface area contributed by atoms with Crippen LogP contribution in [-0.2, 0) is 14.8 Å². The van der Waals surface area contributed by atoms with Gasteiger partial charge in [0.1, 0.15) is 0 Å². The van der Waals surface area contributed by atoms with Crippen molar-refractivity contribution in [2.24, 2.45) is 0 Å². The number of sulfonamides is 1. The molecule has 7 nitrogen and oxygen atoms in total. The number of carbonyl (C=O) groups excluding carboxylic acids is 1. The molecule has 1 aliphatic rings. The van der Waals surface area contributed by atoms with Crippen LogP contribution < -0.4 is 14.8 Å². The zero-order valence-electron chi connectivity index (χ0n) is 16.2. The smallest absolute Gasteiger partial charge is 0.243 e. The minimum absolute atomic E-state index is 0.0542. The molecule has 1 amide bonds. The number of fused-ring (bicyclic) bond motifs is 1. The summed E-state index contributed by atoms with van der Waals surface area (Å²) in [4.78, 5) is 12.4. The Hall–Kier alpha value is -2.58. The van der Waals surface area contributed by atoms with Crippen molar-refractivity contribution in [1.29, 1.82) is 0 Å². The number of amides is 1. The quantitative estimate of drug-likeness (QED) is 0.828. The third-order valence-electron chi connectivity index (χ3n) is 4.45. The van der Waals surface area contributed by atoms with E-state index in [0.717, 1.165) is 21.9 Å². The first kappa shape index (κ1) is 20.2. The van der Waals surface area contributed by atoms with Gasteiger partial charge < -0.3 is 14.8 Å². The van der Waals surface area contributed by atoms with Crippen LogP contribution in [0, 0.1) is 13.8 Å². The molecule has 0 saturated heterocycles. The van der Waals surface area contributed by atoms with Crippen LogP contribution in [0.2, 0.25) is 0 Å². The average Bonchev–Trinajstić information content (AvgIpc) is 2.88. The van der Waals surface area contributed by atoms with Gasteiger partial charge in [-0.3, -0.25) is 4.79 Å². The van der Waals surface area contributed by atoms with Gasteiger partial charge in [-0.15, -0.1) is 0 Å². The molecule has 1 aliphatic heterocycles. The normalized spacial score (nSPS) is 13.9. The van der Waals surface area contributed by atoms with E-state index in [1.165, 1.54) is 19.2 Å². The Morgan fingerprint density at radius 2 is 1.79 bits per heavy atom. The number of likely N-dealkylation sites (N-methyl/N-ethyl adjacent to an activating group) is 1. The number of rotatable bonds is 5. The molecule has 0 spiro atoms. The molecule has 2 aromatic carbocycles. The number of nitrogens with one attached hydrogen (secondary N) is 1. The summed E-state index contributed by atoms with van der Waals surface area (Å²) in [6.45, 7) is 4.54. The summed E-state index contributed by atoms with van der Waals surface area (Å²) in [5.41, 5.74) is 2.67. The fourth-order valence-electron chi connectivity index (χ4n) is 2.91. The van der Waals surface area contributed by atoms with Crippen LogP contribution in [0.15, 0.2) is 41.3 Å². The van der Waals surface area contributed by atoms with Crippen LogP contribution in [0.3, 0.4) is 0 Å². The van der Waals surface area contributed by atoms with Crippen molar-refractivity contribution in [2.45, 2.75) is 25.2 Å². The van der Waals surface area contributed by atoms with Gasteiger partial charge in [0.25, 0.3) is 0 Å². The van der Waals surface area contributed by atoms with Gasteiger partial charge in [-0.05, 0) is 37.6 Å². The van der Waals surface area contributed by atoms with E-state index in [1.807, 2.05) is 26.0 Å². The molecule has 150 valence electrons. The van der Waals surface area contributed by atoms with Gasteiger partial charge in [-0.1, -0.05) is 17.7 Å². The Bertz CT molecular complexity index is 988. The monoisotopic (exact) mass is 404 g/mol. The molecule has 0 radical (unpaired) electrons. The van der Waals surface area contributed by atoms with Crippen LogP contribution in [0.25, 0.3) is 0 Å². The third kappa shape index (κ3) is 4.45. The highest BCUT2D eigenvalue weighted by Gasteiger charge is 2.25. The lowest BCUT2D eigenvalue weighted by molar-refractivity contribution is -0.116. The minimum atomic E-state index is -3.85. The Kier molecular flexibility index (Phi) is 5.90. The van der Waals surface area contributed by atoms with Crippen LogP contribution in [0.4, 0.5) is 5.69 Å². The maximum absolute atomic E-state index is 12.9. The molecule has 8 heteroatoms. The van der Waals surface area contributed by atoms with Crippen molar-refractivity contribution in [2.75, 3.05) is 32.1 Å². The van der Waals surface area contributed by atoms with Crippen molar-refractivity contribution in [3.8, 4) is 11.5 Å². The lowest BCUT2D eigenvalue weighted by Gasteiger charge is -2.18. The Morgan fingerprint density at radius 3 is 2.50 bits per heavy atom. The Labute approximate surface area is 165 Å². The number of carbonyl (C=O) groups is 1. The second-order valence-electron chi connectivity index (χ2n) is 6.79. The van der Waals surface area contributed by atoms with E-state index in [2.05, 4.69) is 5.32 Å². The molecule has 1 heterocycles. The Balaban J connectivity index is 1.73. The Morgan fingerprint density at radius 1 is 1.07 bits per heavy atom. The molecule has 0 bridgehead atoms. The first-order valence-electron chi connectivity index (χ1n) is 9.00. The van der Waals surface area contributed by atoms with Gasteiger partial charge >= 0.3 is 0 Å². The van der Waals surface area contributed by atoms with E-state index >= 15 is 0 Å². The number of aryl methyl sites for hydroxylation is 2. The van der Waals surface area contributed by atoms with Crippen LogP contribution >= 0.6 is 0 Å². The molecule has 1 N–H and O–H groups in total. The lowest BCUT2D eigenvalue weighted by Crippen LogP contribution is -2.35. The van der Waals surface area contributed by atoms with Gasteiger partial charge in [0, 0.05) is 25.2 Å². The van der Waals surface area contributed by atoms with Gasteiger partial charge in [0.05, 0.1) is 24.7 Å². The highest BCUT2D eigenvalue weighted by atomic mass is 32.2. The van der Waals surface area contributed by atoms with Gasteiger partial charge in [0.15, 0.2) is 11.5 Å². The molecular formula is C20H24N2O5S. The molecule has 0 unspecified atom stereocenters. The number of benzene rings is 2. The van der Waals surface area contributed by atoms with E-state index in [-0.39, 0.29) is 11.4 Å². The summed E-state index contributed by atoms with van der Waals surface area (Å²) in [6.07, 6.45) is 0.731. The van der Waals surface area contributed by atoms with Crippen molar-refractivity contribution >= 4 is 21.6 Å². The van der Waals surface area contributed by atoms with Gasteiger partial charge in [-0.2, -0.15) is 4.31 Å². The SMILES string of the molecule is Cc1ccc(NC(=O)CN(C)S(=O)(=O)c2ccc3c(c2)OCCCO3)c(C)c1. The van der Waals surface area contributed by atoms with Crippen molar-refractivity contribution in [1.82, 2.24) is 4.31 Å². The molecule has 0 aliphatic carbocycles. The second kappa shape index (κ2) is 8.20. The van der Waals surface area contributed by atoms with Crippen LogP contribution in [0.5, 0.6) is 11.5 Å². The molecule has 3 rings (SSSR count). The van der Waals surface area contributed by atoms with Gasteiger partial charge in [-0.25, -0.2) is 8.42 Å². The van der Waals surface area contributed by atoms with Crippen LogP contribution in [0.1, 0.15) is 17.5 Å². The maximum atomic E-state index is 12.9. The fourth-order valence-corrected chi connectivity index (χ4v) is 4.06. The zero-order chi connectivity index (χ0) is 20.3. The summed E-state index contributed by atoms with van der Waals surface area (Å²) in [7, 11) is -2.48. The fraction of sp³-hybridized carbons (Fsp3) is 0.350. The number of anilines is 1. The van der Waals surface area contributed by atoms with E-state index < -0.39 is 15.9 Å². The van der Waals surface area contributed by atoms with Gasteiger partial charge in [0.2, 0.25) is 15.9 Å². The third-order valence-corrected chi connectivity index (χ3v) is 6.25. The summed E-state index contributed by atoms with van der Waals surface area (Å²) in [6, 6.07) is 10.1. The van der Waals surface area contributed by atoms with Crippen molar-refractivity contribution in [3.63, 3.8) is 0 Å². The van der Waals surface area contributed by atoms with Crippen LogP contribution in [-0.4, -0.2) is 45.4 Å². The zero-order valence-corrected chi connectivity index (χ0v) is 17.0. The van der Waals surface area contributed by atoms with E-state index in [1.54, 1.807) is 12.1 Å².